The van der Waals surface area contributed by atoms with Crippen LogP contribution in [-0.2, 0) is 9.84 Å². The molecule has 0 radical (unpaired) electrons. The first-order valence-electron chi connectivity index (χ1n) is 5.32. The zero-order valence-electron chi connectivity index (χ0n) is 9.14. The molecule has 0 spiro atoms. The molecule has 1 fully saturated rings. The minimum atomic E-state index is -3.27. The molecule has 0 heterocycles. The van der Waals surface area contributed by atoms with Crippen molar-refractivity contribution in [1.82, 2.24) is 0 Å². The molecule has 1 aromatic carbocycles. The summed E-state index contributed by atoms with van der Waals surface area (Å²) in [6.07, 6.45) is 1.21. The summed E-state index contributed by atoms with van der Waals surface area (Å²) in [5.74, 6) is 0.0442. The third-order valence-corrected chi connectivity index (χ3v) is 6.18. The van der Waals surface area contributed by atoms with Gasteiger partial charge in [-0.3, -0.25) is 0 Å². The van der Waals surface area contributed by atoms with E-state index in [-0.39, 0.29) is 11.7 Å². The van der Waals surface area contributed by atoms with E-state index in [9.17, 15) is 8.42 Å². The summed E-state index contributed by atoms with van der Waals surface area (Å²) in [5, 5.41) is 8.71. The quantitative estimate of drug-likeness (QED) is 0.806. The average molecular weight is 314 g/mol. The molecule has 0 saturated heterocycles. The number of hydrogen-bond acceptors (Lipinski definition) is 3. The van der Waals surface area contributed by atoms with Crippen LogP contribution in [-0.4, -0.2) is 18.5 Å². The van der Waals surface area contributed by atoms with Gasteiger partial charge in [0.05, 0.1) is 16.7 Å². The molecule has 0 atom stereocenters. The second-order valence-electron chi connectivity index (χ2n) is 4.46. The minimum Gasteiger partial charge on any atom is -0.224 e. The number of hydrogen-bond donors (Lipinski definition) is 0. The van der Waals surface area contributed by atoms with E-state index in [4.69, 9.17) is 5.26 Å². The van der Waals surface area contributed by atoms with Gasteiger partial charge in [0.2, 0.25) is 0 Å². The number of nitriles is 1. The summed E-state index contributed by atoms with van der Waals surface area (Å²) in [4.78, 5) is 0.347. The summed E-state index contributed by atoms with van der Waals surface area (Å²) >= 11 is 3.45. The summed E-state index contributed by atoms with van der Waals surface area (Å²) in [6, 6.07) is 10.6. The highest BCUT2D eigenvalue weighted by atomic mass is 79.9. The molecule has 0 unspecified atom stereocenters. The van der Waals surface area contributed by atoms with Crippen molar-refractivity contribution < 1.29 is 8.42 Å². The summed E-state index contributed by atoms with van der Waals surface area (Å²) < 4.78 is 23.8. The SMILES string of the molecule is N#CC1CC(Br)(CS(=O)(=O)c2ccccc2)C1. The Morgan fingerprint density at radius 2 is 1.94 bits per heavy atom. The largest absolute Gasteiger partial charge is 0.224 e. The van der Waals surface area contributed by atoms with Crippen molar-refractivity contribution in [2.75, 3.05) is 5.75 Å². The first kappa shape index (κ1) is 12.6. The zero-order valence-corrected chi connectivity index (χ0v) is 11.5. The highest BCUT2D eigenvalue weighted by Gasteiger charge is 2.45. The van der Waals surface area contributed by atoms with Crippen LogP contribution in [0.25, 0.3) is 0 Å². The highest BCUT2D eigenvalue weighted by Crippen LogP contribution is 2.46. The van der Waals surface area contributed by atoms with Crippen LogP contribution in [0.2, 0.25) is 0 Å². The molecule has 3 nitrogen and oxygen atoms in total. The fourth-order valence-electron chi connectivity index (χ4n) is 2.08. The third kappa shape index (κ3) is 2.70. The number of rotatable bonds is 3. The number of benzene rings is 1. The Hall–Kier alpha value is -0.860. The maximum absolute atomic E-state index is 12.1. The Morgan fingerprint density at radius 1 is 1.35 bits per heavy atom. The Bertz CT molecular complexity index is 542. The number of nitrogens with zero attached hydrogens (tertiary/aromatic N) is 1. The molecule has 1 aliphatic carbocycles. The molecular weight excluding hydrogens is 302 g/mol. The fraction of sp³-hybridized carbons (Fsp3) is 0.417. The topological polar surface area (TPSA) is 57.9 Å². The van der Waals surface area contributed by atoms with Crippen LogP contribution in [0.4, 0.5) is 0 Å². The Labute approximate surface area is 110 Å². The first-order valence-corrected chi connectivity index (χ1v) is 7.76. The molecule has 2 rings (SSSR count). The normalized spacial score (nSPS) is 28.1. The monoisotopic (exact) mass is 313 g/mol. The van der Waals surface area contributed by atoms with Gasteiger partial charge in [-0.15, -0.1) is 0 Å². The number of halogens is 1. The number of alkyl halides is 1. The van der Waals surface area contributed by atoms with Gasteiger partial charge in [-0.2, -0.15) is 5.26 Å². The Kier molecular flexibility index (Phi) is 3.28. The molecule has 0 bridgehead atoms. The second kappa shape index (κ2) is 4.43. The van der Waals surface area contributed by atoms with E-state index in [0.29, 0.717) is 17.7 Å². The van der Waals surface area contributed by atoms with Gasteiger partial charge >= 0.3 is 0 Å². The van der Waals surface area contributed by atoms with E-state index in [1.165, 1.54) is 0 Å². The summed E-state index contributed by atoms with van der Waals surface area (Å²) in [7, 11) is -3.27. The summed E-state index contributed by atoms with van der Waals surface area (Å²) in [6.45, 7) is 0. The predicted octanol–water partition coefficient (Wildman–Crippen LogP) is 2.53. The molecule has 1 aromatic rings. The summed E-state index contributed by atoms with van der Waals surface area (Å²) in [5.41, 5.74) is 0. The molecule has 0 amide bonds. The predicted molar refractivity (Wildman–Crippen MR) is 68.5 cm³/mol. The van der Waals surface area contributed by atoms with Crippen molar-refractivity contribution >= 4 is 25.8 Å². The van der Waals surface area contributed by atoms with E-state index in [1.54, 1.807) is 30.3 Å². The lowest BCUT2D eigenvalue weighted by Crippen LogP contribution is -2.43. The standard InChI is InChI=1S/C12H12BrNO2S/c13-12(6-10(7-12)8-14)9-17(15,16)11-4-2-1-3-5-11/h1-5,10H,6-7,9H2. The van der Waals surface area contributed by atoms with Gasteiger partial charge in [0.25, 0.3) is 0 Å². The van der Waals surface area contributed by atoms with E-state index < -0.39 is 14.2 Å². The van der Waals surface area contributed by atoms with Crippen molar-refractivity contribution in [2.45, 2.75) is 22.1 Å². The van der Waals surface area contributed by atoms with E-state index in [0.717, 1.165) is 0 Å². The zero-order chi connectivity index (χ0) is 12.5. The maximum atomic E-state index is 12.1. The third-order valence-electron chi connectivity index (χ3n) is 2.96. The van der Waals surface area contributed by atoms with Crippen molar-refractivity contribution in [3.63, 3.8) is 0 Å². The lowest BCUT2D eigenvalue weighted by molar-refractivity contribution is 0.319. The molecule has 1 aliphatic rings. The van der Waals surface area contributed by atoms with Crippen molar-refractivity contribution in [3.8, 4) is 6.07 Å². The molecule has 5 heteroatoms. The first-order chi connectivity index (χ1) is 7.95. The molecule has 17 heavy (non-hydrogen) atoms. The van der Waals surface area contributed by atoms with Gasteiger partial charge in [0, 0.05) is 10.2 Å². The molecule has 1 saturated carbocycles. The van der Waals surface area contributed by atoms with Gasteiger partial charge in [-0.1, -0.05) is 34.1 Å². The highest BCUT2D eigenvalue weighted by molar-refractivity contribution is 9.10. The van der Waals surface area contributed by atoms with Crippen LogP contribution < -0.4 is 0 Å². The van der Waals surface area contributed by atoms with E-state index >= 15 is 0 Å². The van der Waals surface area contributed by atoms with Gasteiger partial charge in [-0.25, -0.2) is 8.42 Å². The van der Waals surface area contributed by atoms with Crippen LogP contribution in [0.1, 0.15) is 12.8 Å². The van der Waals surface area contributed by atoms with Gasteiger partial charge in [0.15, 0.2) is 9.84 Å². The van der Waals surface area contributed by atoms with Crippen LogP contribution in [0, 0.1) is 17.2 Å². The fourth-order valence-corrected chi connectivity index (χ4v) is 5.43. The van der Waals surface area contributed by atoms with E-state index in [2.05, 4.69) is 22.0 Å². The van der Waals surface area contributed by atoms with Crippen LogP contribution >= 0.6 is 15.9 Å². The van der Waals surface area contributed by atoms with Gasteiger partial charge in [-0.05, 0) is 25.0 Å². The van der Waals surface area contributed by atoms with Crippen LogP contribution in [0.3, 0.4) is 0 Å². The van der Waals surface area contributed by atoms with Crippen LogP contribution in [0.15, 0.2) is 35.2 Å². The second-order valence-corrected chi connectivity index (χ2v) is 8.13. The molecule has 0 N–H and O–H groups in total. The van der Waals surface area contributed by atoms with Crippen LogP contribution in [0.5, 0.6) is 0 Å². The Morgan fingerprint density at radius 3 is 2.47 bits per heavy atom. The maximum Gasteiger partial charge on any atom is 0.179 e. The molecular formula is C12H12BrNO2S. The van der Waals surface area contributed by atoms with Crippen molar-refractivity contribution in [3.05, 3.63) is 30.3 Å². The molecule has 0 aliphatic heterocycles. The van der Waals surface area contributed by atoms with Gasteiger partial charge < -0.3 is 0 Å². The van der Waals surface area contributed by atoms with E-state index in [1.807, 2.05) is 0 Å². The lowest BCUT2D eigenvalue weighted by atomic mass is 9.77. The Balaban J connectivity index is 2.13. The lowest BCUT2D eigenvalue weighted by Gasteiger charge is -2.39. The minimum absolute atomic E-state index is 0.0136. The average Bonchev–Trinajstić information content (AvgIpc) is 2.26. The molecule has 0 aromatic heterocycles. The smallest absolute Gasteiger partial charge is 0.179 e. The number of sulfone groups is 1. The van der Waals surface area contributed by atoms with Gasteiger partial charge in [0.1, 0.15) is 0 Å². The van der Waals surface area contributed by atoms with Crippen molar-refractivity contribution in [2.24, 2.45) is 5.92 Å². The van der Waals surface area contributed by atoms with Crippen molar-refractivity contribution in [1.29, 1.82) is 5.26 Å². The molecule has 90 valence electrons.